The molecule has 0 aliphatic heterocycles. The van der Waals surface area contributed by atoms with Crippen LogP contribution < -0.4 is 10.6 Å². The molecular weight excluding hydrogens is 226 g/mol. The highest BCUT2D eigenvalue weighted by atomic mass is 32.1. The van der Waals surface area contributed by atoms with Gasteiger partial charge in [-0.1, -0.05) is 0 Å². The molecule has 1 aromatic rings. The van der Waals surface area contributed by atoms with Crippen molar-refractivity contribution in [3.63, 3.8) is 0 Å². The number of carbonyl (C=O) groups is 2. The summed E-state index contributed by atoms with van der Waals surface area (Å²) in [7, 11) is 0. The molecule has 0 saturated heterocycles. The van der Waals surface area contributed by atoms with Crippen LogP contribution in [0.15, 0.2) is 10.9 Å². The fourth-order valence-corrected chi connectivity index (χ4v) is 1.72. The topological polar surface area (TPSA) is 71.1 Å². The number of aromatic nitrogens is 1. The normalized spacial score (nSPS) is 9.81. The van der Waals surface area contributed by atoms with Gasteiger partial charge in [0.05, 0.1) is 11.2 Å². The van der Waals surface area contributed by atoms with Gasteiger partial charge in [0, 0.05) is 38.2 Å². The minimum Gasteiger partial charge on any atom is -0.356 e. The summed E-state index contributed by atoms with van der Waals surface area (Å²) in [4.78, 5) is 25.9. The van der Waals surface area contributed by atoms with Crippen molar-refractivity contribution in [1.82, 2.24) is 15.6 Å². The number of thiazole rings is 1. The molecule has 0 unspecified atom stereocenters. The third-order valence-electron chi connectivity index (χ3n) is 1.91. The van der Waals surface area contributed by atoms with Crippen LogP contribution in [-0.2, 0) is 16.0 Å². The Labute approximate surface area is 98.3 Å². The van der Waals surface area contributed by atoms with Crippen molar-refractivity contribution >= 4 is 23.2 Å². The van der Waals surface area contributed by atoms with Crippen LogP contribution >= 0.6 is 11.3 Å². The highest BCUT2D eigenvalue weighted by Gasteiger charge is 2.01. The summed E-state index contributed by atoms with van der Waals surface area (Å²) in [6.07, 6.45) is 1.06. The van der Waals surface area contributed by atoms with Crippen LogP contribution in [-0.4, -0.2) is 29.9 Å². The van der Waals surface area contributed by atoms with Crippen LogP contribution in [0.25, 0.3) is 0 Å². The van der Waals surface area contributed by atoms with Crippen molar-refractivity contribution in [2.75, 3.05) is 13.1 Å². The summed E-state index contributed by atoms with van der Waals surface area (Å²) in [5, 5.41) is 7.30. The van der Waals surface area contributed by atoms with Gasteiger partial charge in [0.1, 0.15) is 0 Å². The van der Waals surface area contributed by atoms with Crippen LogP contribution in [0.1, 0.15) is 19.0 Å². The van der Waals surface area contributed by atoms with Crippen molar-refractivity contribution < 1.29 is 9.59 Å². The van der Waals surface area contributed by atoms with Gasteiger partial charge in [-0.3, -0.25) is 9.59 Å². The SMILES string of the molecule is CC(=O)NCCC(=O)NCCc1cscn1. The zero-order valence-electron chi connectivity index (χ0n) is 9.16. The fourth-order valence-electron chi connectivity index (χ4n) is 1.13. The van der Waals surface area contributed by atoms with Gasteiger partial charge in [-0.05, 0) is 0 Å². The lowest BCUT2D eigenvalue weighted by Gasteiger charge is -2.04. The summed E-state index contributed by atoms with van der Waals surface area (Å²) in [6, 6.07) is 0. The average molecular weight is 241 g/mol. The third kappa shape index (κ3) is 5.45. The van der Waals surface area contributed by atoms with E-state index in [1.165, 1.54) is 6.92 Å². The van der Waals surface area contributed by atoms with E-state index < -0.39 is 0 Å². The van der Waals surface area contributed by atoms with E-state index in [0.29, 0.717) is 19.5 Å². The van der Waals surface area contributed by atoms with Gasteiger partial charge in [-0.2, -0.15) is 0 Å². The van der Waals surface area contributed by atoms with E-state index in [2.05, 4.69) is 15.6 Å². The van der Waals surface area contributed by atoms with Crippen molar-refractivity contribution in [3.8, 4) is 0 Å². The zero-order valence-corrected chi connectivity index (χ0v) is 9.97. The second-order valence-corrected chi connectivity index (χ2v) is 4.03. The summed E-state index contributed by atoms with van der Waals surface area (Å²) >= 11 is 1.54. The molecule has 0 aliphatic rings. The largest absolute Gasteiger partial charge is 0.356 e. The van der Waals surface area contributed by atoms with Crippen LogP contribution in [0.4, 0.5) is 0 Å². The Morgan fingerprint density at radius 1 is 1.38 bits per heavy atom. The average Bonchev–Trinajstić information content (AvgIpc) is 2.70. The van der Waals surface area contributed by atoms with Crippen LogP contribution in [0, 0.1) is 0 Å². The number of amides is 2. The second-order valence-electron chi connectivity index (χ2n) is 3.31. The first-order valence-electron chi connectivity index (χ1n) is 5.06. The molecule has 1 heterocycles. The van der Waals surface area contributed by atoms with Crippen molar-refractivity contribution in [1.29, 1.82) is 0 Å². The quantitative estimate of drug-likeness (QED) is 0.754. The van der Waals surface area contributed by atoms with E-state index >= 15 is 0 Å². The lowest BCUT2D eigenvalue weighted by atomic mass is 10.3. The Morgan fingerprint density at radius 2 is 2.19 bits per heavy atom. The summed E-state index contributed by atoms with van der Waals surface area (Å²) < 4.78 is 0. The molecule has 2 amide bonds. The monoisotopic (exact) mass is 241 g/mol. The Bertz CT molecular complexity index is 338. The van der Waals surface area contributed by atoms with Crippen molar-refractivity contribution in [2.24, 2.45) is 0 Å². The van der Waals surface area contributed by atoms with Crippen LogP contribution in [0.3, 0.4) is 0 Å². The molecule has 6 heteroatoms. The number of nitrogens with zero attached hydrogens (tertiary/aromatic N) is 1. The molecule has 2 N–H and O–H groups in total. The predicted molar refractivity (Wildman–Crippen MR) is 62.1 cm³/mol. The lowest BCUT2D eigenvalue weighted by molar-refractivity contribution is -0.121. The van der Waals surface area contributed by atoms with E-state index in [1.54, 1.807) is 16.8 Å². The molecule has 0 aliphatic carbocycles. The fraction of sp³-hybridized carbons (Fsp3) is 0.500. The molecule has 5 nitrogen and oxygen atoms in total. The van der Waals surface area contributed by atoms with E-state index in [-0.39, 0.29) is 11.8 Å². The predicted octanol–water partition coefficient (Wildman–Crippen LogP) is 0.328. The number of hydrogen-bond acceptors (Lipinski definition) is 4. The molecule has 0 aromatic carbocycles. The van der Waals surface area contributed by atoms with Gasteiger partial charge in [-0.25, -0.2) is 4.98 Å². The van der Waals surface area contributed by atoms with Gasteiger partial charge < -0.3 is 10.6 Å². The third-order valence-corrected chi connectivity index (χ3v) is 2.55. The molecule has 16 heavy (non-hydrogen) atoms. The maximum Gasteiger partial charge on any atom is 0.221 e. The van der Waals surface area contributed by atoms with Gasteiger partial charge >= 0.3 is 0 Å². The Kier molecular flexibility index (Phi) is 5.49. The highest BCUT2D eigenvalue weighted by molar-refractivity contribution is 7.07. The lowest BCUT2D eigenvalue weighted by Crippen LogP contribution is -2.30. The van der Waals surface area contributed by atoms with Crippen molar-refractivity contribution in [3.05, 3.63) is 16.6 Å². The number of hydrogen-bond donors (Lipinski definition) is 2. The van der Waals surface area contributed by atoms with Crippen LogP contribution in [0.2, 0.25) is 0 Å². The summed E-state index contributed by atoms with van der Waals surface area (Å²) in [6.45, 7) is 2.40. The first-order valence-corrected chi connectivity index (χ1v) is 6.01. The summed E-state index contributed by atoms with van der Waals surface area (Å²) in [5.41, 5.74) is 2.76. The van der Waals surface area contributed by atoms with E-state index in [9.17, 15) is 9.59 Å². The standard InChI is InChI=1S/C10H15N3O2S/c1-8(14)11-5-3-10(15)12-4-2-9-6-16-7-13-9/h6-7H,2-5H2,1H3,(H,11,14)(H,12,15). The molecule has 1 rings (SSSR count). The van der Waals surface area contributed by atoms with Crippen LogP contribution in [0.5, 0.6) is 0 Å². The van der Waals surface area contributed by atoms with Gasteiger partial charge in [0.2, 0.25) is 11.8 Å². The molecular formula is C10H15N3O2S. The molecule has 0 bridgehead atoms. The van der Waals surface area contributed by atoms with Gasteiger partial charge in [-0.15, -0.1) is 11.3 Å². The molecule has 0 saturated carbocycles. The minimum absolute atomic E-state index is 0.0519. The molecule has 0 radical (unpaired) electrons. The second kappa shape index (κ2) is 6.95. The number of carbonyl (C=O) groups excluding carboxylic acids is 2. The Balaban J connectivity index is 2.04. The summed E-state index contributed by atoms with van der Waals surface area (Å²) in [5.74, 6) is -0.167. The van der Waals surface area contributed by atoms with Crippen molar-refractivity contribution in [2.45, 2.75) is 19.8 Å². The first kappa shape index (κ1) is 12.6. The highest BCUT2D eigenvalue weighted by Crippen LogP contribution is 2.00. The maximum atomic E-state index is 11.3. The smallest absolute Gasteiger partial charge is 0.221 e. The van der Waals surface area contributed by atoms with E-state index in [0.717, 1.165) is 12.1 Å². The number of rotatable bonds is 6. The number of nitrogens with one attached hydrogen (secondary N) is 2. The zero-order chi connectivity index (χ0) is 11.8. The van der Waals surface area contributed by atoms with E-state index in [1.807, 2.05) is 5.38 Å². The minimum atomic E-state index is -0.115. The van der Waals surface area contributed by atoms with Gasteiger partial charge in [0.25, 0.3) is 0 Å². The Morgan fingerprint density at radius 3 is 2.81 bits per heavy atom. The molecule has 0 atom stereocenters. The Hall–Kier alpha value is -1.43. The molecule has 0 fully saturated rings. The molecule has 88 valence electrons. The maximum absolute atomic E-state index is 11.3. The molecule has 1 aromatic heterocycles. The van der Waals surface area contributed by atoms with E-state index in [4.69, 9.17) is 0 Å². The first-order chi connectivity index (χ1) is 7.68. The van der Waals surface area contributed by atoms with Gasteiger partial charge in [0.15, 0.2) is 0 Å². The molecule has 0 spiro atoms.